The van der Waals surface area contributed by atoms with Gasteiger partial charge < -0.3 is 20.1 Å². The molecule has 166 valence electrons. The van der Waals surface area contributed by atoms with E-state index in [1.165, 1.54) is 18.4 Å². The summed E-state index contributed by atoms with van der Waals surface area (Å²) in [6.07, 6.45) is 5.46. The Bertz CT molecular complexity index is 1100. The molecule has 0 bridgehead atoms. The molecule has 1 aliphatic rings. The number of methoxy groups -OCH3 is 2. The summed E-state index contributed by atoms with van der Waals surface area (Å²) in [6.45, 7) is 1.89. The second-order valence-electron chi connectivity index (χ2n) is 6.68. The maximum absolute atomic E-state index is 12.5. The number of amides is 2. The molecule has 1 aliphatic heterocycles. The van der Waals surface area contributed by atoms with Gasteiger partial charge in [0.15, 0.2) is 16.6 Å². The van der Waals surface area contributed by atoms with Crippen molar-refractivity contribution in [3.63, 3.8) is 0 Å². The molecule has 2 N–H and O–H groups in total. The number of carbonyl (C=O) groups is 2. The second-order valence-corrected chi connectivity index (χ2v) is 8.56. The van der Waals surface area contributed by atoms with Crippen LogP contribution in [0.15, 0.2) is 40.4 Å². The molecule has 10 heteroatoms. The number of rotatable bonds is 8. The fraction of sp³-hybridized carbons (Fsp3) is 0.273. The van der Waals surface area contributed by atoms with Gasteiger partial charge in [0.2, 0.25) is 11.8 Å². The molecule has 32 heavy (non-hydrogen) atoms. The Balaban J connectivity index is 1.92. The van der Waals surface area contributed by atoms with Gasteiger partial charge in [-0.05, 0) is 24.6 Å². The molecule has 3 rings (SSSR count). The Hall–Kier alpha value is -3.29. The van der Waals surface area contributed by atoms with Crippen LogP contribution in [-0.4, -0.2) is 36.8 Å². The third kappa shape index (κ3) is 5.30. The summed E-state index contributed by atoms with van der Waals surface area (Å²) in [7, 11) is 3.10. The molecule has 0 saturated heterocycles. The lowest BCUT2D eigenvalue weighted by Crippen LogP contribution is -2.31. The SMILES string of the molecule is CC=Cc1cc(C2CC(=O)NC(SCC(=O)Nc3nccs3)=C2C#N)cc(OC)c1OC. The minimum atomic E-state index is -0.470. The van der Waals surface area contributed by atoms with E-state index in [0.717, 1.165) is 22.9 Å². The number of allylic oxidation sites excluding steroid dienone is 2. The van der Waals surface area contributed by atoms with E-state index in [9.17, 15) is 14.9 Å². The highest BCUT2D eigenvalue weighted by Gasteiger charge is 2.31. The Kier molecular flexibility index (Phi) is 7.92. The van der Waals surface area contributed by atoms with Gasteiger partial charge in [0.1, 0.15) is 0 Å². The number of aromatic nitrogens is 1. The van der Waals surface area contributed by atoms with Gasteiger partial charge >= 0.3 is 0 Å². The number of nitrogens with zero attached hydrogens (tertiary/aromatic N) is 2. The maximum Gasteiger partial charge on any atom is 0.236 e. The number of anilines is 1. The number of thioether (sulfide) groups is 1. The van der Waals surface area contributed by atoms with E-state index in [-0.39, 0.29) is 24.0 Å². The van der Waals surface area contributed by atoms with Gasteiger partial charge in [-0.1, -0.05) is 23.9 Å². The van der Waals surface area contributed by atoms with Crippen LogP contribution in [0.1, 0.15) is 30.4 Å². The van der Waals surface area contributed by atoms with Crippen molar-refractivity contribution in [1.29, 1.82) is 5.26 Å². The summed E-state index contributed by atoms with van der Waals surface area (Å²) in [5, 5.41) is 18.0. The number of nitrogens with one attached hydrogen (secondary N) is 2. The first-order chi connectivity index (χ1) is 15.5. The number of ether oxygens (including phenoxy) is 2. The number of hydrogen-bond acceptors (Lipinski definition) is 8. The van der Waals surface area contributed by atoms with Gasteiger partial charge in [-0.15, -0.1) is 11.3 Å². The van der Waals surface area contributed by atoms with Crippen LogP contribution in [0, 0.1) is 11.3 Å². The second kappa shape index (κ2) is 10.8. The van der Waals surface area contributed by atoms with E-state index in [1.807, 2.05) is 25.1 Å². The first-order valence-corrected chi connectivity index (χ1v) is 11.5. The zero-order valence-corrected chi connectivity index (χ0v) is 19.4. The first kappa shape index (κ1) is 23.4. The number of carbonyl (C=O) groups excluding carboxylic acids is 2. The lowest BCUT2D eigenvalue weighted by atomic mass is 9.86. The van der Waals surface area contributed by atoms with Crippen LogP contribution in [0.3, 0.4) is 0 Å². The molecule has 1 aromatic carbocycles. The third-order valence-corrected chi connectivity index (χ3v) is 6.37. The van der Waals surface area contributed by atoms with Gasteiger partial charge in [0.05, 0.1) is 36.6 Å². The fourth-order valence-electron chi connectivity index (χ4n) is 3.32. The van der Waals surface area contributed by atoms with Gasteiger partial charge in [0, 0.05) is 29.5 Å². The van der Waals surface area contributed by atoms with Gasteiger partial charge in [-0.3, -0.25) is 9.59 Å². The van der Waals surface area contributed by atoms with Crippen molar-refractivity contribution in [2.75, 3.05) is 25.3 Å². The van der Waals surface area contributed by atoms with E-state index in [1.54, 1.807) is 24.8 Å². The van der Waals surface area contributed by atoms with Gasteiger partial charge in [-0.2, -0.15) is 5.26 Å². The van der Waals surface area contributed by atoms with E-state index < -0.39 is 5.92 Å². The fourth-order valence-corrected chi connectivity index (χ4v) is 4.74. The number of hydrogen-bond donors (Lipinski definition) is 2. The van der Waals surface area contributed by atoms with Crippen molar-refractivity contribution in [3.8, 4) is 17.6 Å². The molecule has 0 radical (unpaired) electrons. The van der Waals surface area contributed by atoms with E-state index in [0.29, 0.717) is 27.2 Å². The molecule has 1 aromatic heterocycles. The van der Waals surface area contributed by atoms with Crippen molar-refractivity contribution in [1.82, 2.24) is 10.3 Å². The van der Waals surface area contributed by atoms with E-state index in [2.05, 4.69) is 21.7 Å². The highest BCUT2D eigenvalue weighted by molar-refractivity contribution is 8.03. The molecule has 2 heterocycles. The van der Waals surface area contributed by atoms with E-state index >= 15 is 0 Å². The van der Waals surface area contributed by atoms with Crippen LogP contribution < -0.4 is 20.1 Å². The zero-order chi connectivity index (χ0) is 23.1. The predicted molar refractivity (Wildman–Crippen MR) is 126 cm³/mol. The predicted octanol–water partition coefficient (Wildman–Crippen LogP) is 3.90. The third-order valence-electron chi connectivity index (χ3n) is 4.66. The largest absolute Gasteiger partial charge is 0.493 e. The minimum Gasteiger partial charge on any atom is -0.493 e. The molecule has 1 atom stereocenters. The topological polar surface area (TPSA) is 113 Å². The van der Waals surface area contributed by atoms with Gasteiger partial charge in [-0.25, -0.2) is 4.98 Å². The highest BCUT2D eigenvalue weighted by atomic mass is 32.2. The maximum atomic E-state index is 12.5. The number of nitriles is 1. The summed E-state index contributed by atoms with van der Waals surface area (Å²) < 4.78 is 11.0. The summed E-state index contributed by atoms with van der Waals surface area (Å²) in [5.41, 5.74) is 1.94. The molecule has 8 nitrogen and oxygen atoms in total. The summed E-state index contributed by atoms with van der Waals surface area (Å²) >= 11 is 2.43. The molecule has 0 saturated carbocycles. The monoisotopic (exact) mass is 470 g/mol. The van der Waals surface area contributed by atoms with Crippen LogP contribution in [0.5, 0.6) is 11.5 Å². The molecular weight excluding hydrogens is 448 g/mol. The average Bonchev–Trinajstić information content (AvgIpc) is 3.29. The Morgan fingerprint density at radius 3 is 2.88 bits per heavy atom. The van der Waals surface area contributed by atoms with Crippen LogP contribution in [0.2, 0.25) is 0 Å². The van der Waals surface area contributed by atoms with Crippen molar-refractivity contribution < 1.29 is 19.1 Å². The highest BCUT2D eigenvalue weighted by Crippen LogP contribution is 2.41. The standard InChI is InChI=1S/C22H22N4O4S2/c1-4-5-13-8-14(9-17(29-2)20(13)30-3)15-10-18(27)25-21(16(15)11-23)32-12-19(28)26-22-24-6-7-31-22/h4-9,15H,10,12H2,1-3H3,(H,25,27)(H,24,26,28). The number of thiazole rings is 1. The molecule has 1 unspecified atom stereocenters. The summed E-state index contributed by atoms with van der Waals surface area (Å²) in [5.74, 6) is 0.154. The van der Waals surface area contributed by atoms with Crippen LogP contribution in [-0.2, 0) is 9.59 Å². The number of benzene rings is 1. The molecule has 2 amide bonds. The normalized spacial score (nSPS) is 15.9. The minimum absolute atomic E-state index is 0.0306. The lowest BCUT2D eigenvalue weighted by Gasteiger charge is -2.26. The van der Waals surface area contributed by atoms with Crippen molar-refractivity contribution in [2.24, 2.45) is 0 Å². The van der Waals surface area contributed by atoms with Crippen molar-refractivity contribution in [2.45, 2.75) is 19.3 Å². The molecule has 2 aromatic rings. The zero-order valence-electron chi connectivity index (χ0n) is 17.8. The summed E-state index contributed by atoms with van der Waals surface area (Å²) in [4.78, 5) is 28.7. The molecular formula is C22H22N4O4S2. The Morgan fingerprint density at radius 1 is 1.44 bits per heavy atom. The van der Waals surface area contributed by atoms with E-state index in [4.69, 9.17) is 9.47 Å². The summed E-state index contributed by atoms with van der Waals surface area (Å²) in [6, 6.07) is 5.89. The Morgan fingerprint density at radius 2 is 2.25 bits per heavy atom. The molecule has 0 spiro atoms. The quantitative estimate of drug-likeness (QED) is 0.601. The smallest absolute Gasteiger partial charge is 0.236 e. The first-order valence-electron chi connectivity index (χ1n) is 9.65. The lowest BCUT2D eigenvalue weighted by molar-refractivity contribution is -0.121. The van der Waals surface area contributed by atoms with Crippen LogP contribution in [0.4, 0.5) is 5.13 Å². The molecule has 0 fully saturated rings. The van der Waals surface area contributed by atoms with Crippen molar-refractivity contribution in [3.05, 3.63) is 51.5 Å². The average molecular weight is 471 g/mol. The van der Waals surface area contributed by atoms with Crippen molar-refractivity contribution >= 4 is 46.1 Å². The van der Waals surface area contributed by atoms with Crippen LogP contribution >= 0.6 is 23.1 Å². The molecule has 0 aliphatic carbocycles. The van der Waals surface area contributed by atoms with Crippen LogP contribution in [0.25, 0.3) is 6.08 Å². The van der Waals surface area contributed by atoms with Gasteiger partial charge in [0.25, 0.3) is 0 Å². The Labute approximate surface area is 194 Å².